The van der Waals surface area contributed by atoms with E-state index in [0.717, 1.165) is 12.1 Å². The van der Waals surface area contributed by atoms with Gasteiger partial charge in [0.25, 0.3) is 5.91 Å². The van der Waals surface area contributed by atoms with Crippen molar-refractivity contribution < 1.29 is 9.21 Å². The number of furan rings is 1. The lowest BCUT2D eigenvalue weighted by atomic mass is 10.2. The van der Waals surface area contributed by atoms with Crippen molar-refractivity contribution in [3.8, 4) is 0 Å². The van der Waals surface area contributed by atoms with Gasteiger partial charge in [-0.2, -0.15) is 0 Å². The molecule has 128 valence electrons. The van der Waals surface area contributed by atoms with Crippen LogP contribution in [0.25, 0.3) is 0 Å². The molecule has 0 saturated heterocycles. The molecule has 0 bridgehead atoms. The number of hydrogen-bond donors (Lipinski definition) is 3. The highest BCUT2D eigenvalue weighted by Gasteiger charge is 2.06. The van der Waals surface area contributed by atoms with E-state index in [2.05, 4.69) is 20.9 Å². The fourth-order valence-corrected chi connectivity index (χ4v) is 2.21. The molecule has 0 saturated carbocycles. The minimum atomic E-state index is -0.234. The van der Waals surface area contributed by atoms with Crippen LogP contribution in [0.2, 0.25) is 5.02 Å². The molecule has 1 aromatic heterocycles. The zero-order valence-corrected chi connectivity index (χ0v) is 14.3. The van der Waals surface area contributed by atoms with Crippen LogP contribution in [-0.2, 0) is 6.54 Å². The van der Waals surface area contributed by atoms with Crippen molar-refractivity contribution in [1.29, 1.82) is 0 Å². The molecule has 0 spiro atoms. The van der Waals surface area contributed by atoms with Crippen molar-refractivity contribution >= 4 is 23.5 Å². The predicted molar refractivity (Wildman–Crippen MR) is 95.3 cm³/mol. The van der Waals surface area contributed by atoms with E-state index < -0.39 is 0 Å². The van der Waals surface area contributed by atoms with E-state index in [1.807, 2.05) is 31.2 Å². The number of carbonyl (C=O) groups excluding carboxylic acids is 1. The van der Waals surface area contributed by atoms with Crippen LogP contribution in [0, 0.1) is 0 Å². The summed E-state index contributed by atoms with van der Waals surface area (Å²) in [5.41, 5.74) is 1.03. The third-order valence-electron chi connectivity index (χ3n) is 3.10. The number of nitrogens with one attached hydrogen (secondary N) is 3. The topological polar surface area (TPSA) is 78.7 Å². The van der Waals surface area contributed by atoms with E-state index in [1.165, 1.54) is 6.26 Å². The van der Waals surface area contributed by atoms with Gasteiger partial charge in [0.1, 0.15) is 0 Å². The maximum absolute atomic E-state index is 11.7. The van der Waals surface area contributed by atoms with E-state index in [9.17, 15) is 4.79 Å². The van der Waals surface area contributed by atoms with Gasteiger partial charge in [-0.1, -0.05) is 23.7 Å². The van der Waals surface area contributed by atoms with Crippen LogP contribution in [0.5, 0.6) is 0 Å². The van der Waals surface area contributed by atoms with Crippen LogP contribution >= 0.6 is 11.6 Å². The molecular formula is C17H21ClN4O2. The minimum Gasteiger partial charge on any atom is -0.459 e. The summed E-state index contributed by atoms with van der Waals surface area (Å²) < 4.78 is 5.03. The molecule has 6 nitrogen and oxygen atoms in total. The molecule has 1 aromatic carbocycles. The number of benzene rings is 1. The third-order valence-corrected chi connectivity index (χ3v) is 3.34. The molecule has 0 atom stereocenters. The molecular weight excluding hydrogens is 328 g/mol. The Kier molecular flexibility index (Phi) is 7.17. The summed E-state index contributed by atoms with van der Waals surface area (Å²) in [6.07, 6.45) is 1.47. The highest BCUT2D eigenvalue weighted by molar-refractivity contribution is 6.30. The van der Waals surface area contributed by atoms with Gasteiger partial charge in [-0.15, -0.1) is 0 Å². The summed E-state index contributed by atoms with van der Waals surface area (Å²) in [5.74, 6) is 0.754. The molecule has 1 amide bonds. The number of aliphatic imine (C=N–C) groups is 1. The lowest BCUT2D eigenvalue weighted by molar-refractivity contribution is 0.0926. The van der Waals surface area contributed by atoms with Gasteiger partial charge in [0, 0.05) is 24.7 Å². The lowest BCUT2D eigenvalue weighted by Crippen LogP contribution is -2.41. The summed E-state index contributed by atoms with van der Waals surface area (Å²) in [7, 11) is 0. The van der Waals surface area contributed by atoms with Crippen LogP contribution in [0.3, 0.4) is 0 Å². The molecule has 7 heteroatoms. The van der Waals surface area contributed by atoms with Gasteiger partial charge in [-0.25, -0.2) is 4.99 Å². The van der Waals surface area contributed by atoms with E-state index in [1.54, 1.807) is 12.1 Å². The number of carbonyl (C=O) groups is 1. The first-order chi connectivity index (χ1) is 11.7. The number of halogens is 1. The zero-order chi connectivity index (χ0) is 17.2. The monoisotopic (exact) mass is 348 g/mol. The molecule has 3 N–H and O–H groups in total. The summed E-state index contributed by atoms with van der Waals surface area (Å²) >= 11 is 5.97. The largest absolute Gasteiger partial charge is 0.459 e. The number of nitrogens with zero attached hydrogens (tertiary/aromatic N) is 1. The minimum absolute atomic E-state index is 0.234. The van der Waals surface area contributed by atoms with Crippen LogP contribution in [0.1, 0.15) is 23.0 Å². The molecule has 2 rings (SSSR count). The average molecular weight is 349 g/mol. The number of rotatable bonds is 7. The first kappa shape index (κ1) is 17.9. The highest BCUT2D eigenvalue weighted by Crippen LogP contribution is 2.11. The Morgan fingerprint density at radius 2 is 2.00 bits per heavy atom. The molecule has 0 aliphatic heterocycles. The number of hydrogen-bond acceptors (Lipinski definition) is 3. The van der Waals surface area contributed by atoms with E-state index in [0.29, 0.717) is 36.4 Å². The number of guanidine groups is 1. The van der Waals surface area contributed by atoms with Crippen molar-refractivity contribution in [2.45, 2.75) is 13.5 Å². The van der Waals surface area contributed by atoms with Crippen LogP contribution < -0.4 is 16.0 Å². The fourth-order valence-electron chi connectivity index (χ4n) is 2.00. The Hall–Kier alpha value is -2.47. The second-order valence-corrected chi connectivity index (χ2v) is 5.42. The fraction of sp³-hybridized carbons (Fsp3) is 0.294. The van der Waals surface area contributed by atoms with E-state index in [-0.39, 0.29) is 5.91 Å². The maximum atomic E-state index is 11.7. The van der Waals surface area contributed by atoms with E-state index in [4.69, 9.17) is 16.0 Å². The van der Waals surface area contributed by atoms with Crippen molar-refractivity contribution in [2.75, 3.05) is 19.6 Å². The van der Waals surface area contributed by atoms with Crippen LogP contribution in [0.15, 0.2) is 52.1 Å². The Balaban J connectivity index is 1.78. The molecule has 24 heavy (non-hydrogen) atoms. The summed E-state index contributed by atoms with van der Waals surface area (Å²) in [4.78, 5) is 16.2. The van der Waals surface area contributed by atoms with Gasteiger partial charge in [-0.05, 0) is 36.8 Å². The molecule has 0 radical (unpaired) electrons. The molecule has 2 aromatic rings. The quantitative estimate of drug-likeness (QED) is 0.408. The van der Waals surface area contributed by atoms with Crippen molar-refractivity contribution in [3.63, 3.8) is 0 Å². The van der Waals surface area contributed by atoms with Crippen LogP contribution in [-0.4, -0.2) is 31.5 Å². The second-order valence-electron chi connectivity index (χ2n) is 4.99. The average Bonchev–Trinajstić information content (AvgIpc) is 3.11. The standard InChI is InChI=1S/C17H21ClN4O2/c1-2-19-17(22-12-13-5-3-6-14(18)11-13)21-9-8-20-16(23)15-7-4-10-24-15/h3-7,10-11H,2,8-9,12H2,1H3,(H,20,23)(H2,19,21,22). The van der Waals surface area contributed by atoms with Gasteiger partial charge < -0.3 is 20.4 Å². The maximum Gasteiger partial charge on any atom is 0.287 e. The van der Waals surface area contributed by atoms with Gasteiger partial charge in [0.05, 0.1) is 12.8 Å². The lowest BCUT2D eigenvalue weighted by Gasteiger charge is -2.11. The first-order valence-corrected chi connectivity index (χ1v) is 8.15. The summed E-state index contributed by atoms with van der Waals surface area (Å²) in [5, 5.41) is 9.79. The SMILES string of the molecule is CCNC(=NCc1cccc(Cl)c1)NCCNC(=O)c1ccco1. The number of amides is 1. The molecule has 0 fully saturated rings. The van der Waals surface area contributed by atoms with Gasteiger partial charge in [0.15, 0.2) is 11.7 Å². The van der Waals surface area contributed by atoms with Crippen molar-refractivity contribution in [3.05, 3.63) is 59.0 Å². The van der Waals surface area contributed by atoms with Crippen molar-refractivity contribution in [2.24, 2.45) is 4.99 Å². The van der Waals surface area contributed by atoms with Gasteiger partial charge >= 0.3 is 0 Å². The summed E-state index contributed by atoms with van der Waals surface area (Å²) in [6.45, 7) is 4.28. The Bertz CT molecular complexity index is 671. The summed E-state index contributed by atoms with van der Waals surface area (Å²) in [6, 6.07) is 10.9. The van der Waals surface area contributed by atoms with Crippen molar-refractivity contribution in [1.82, 2.24) is 16.0 Å². The normalized spacial score (nSPS) is 11.2. The Labute approximate surface area is 146 Å². The second kappa shape index (κ2) is 9.62. The molecule has 0 unspecified atom stereocenters. The predicted octanol–water partition coefficient (Wildman–Crippen LogP) is 2.42. The first-order valence-electron chi connectivity index (χ1n) is 7.77. The van der Waals surface area contributed by atoms with Gasteiger partial charge in [0.2, 0.25) is 0 Å². The van der Waals surface area contributed by atoms with Crippen LogP contribution in [0.4, 0.5) is 0 Å². The van der Waals surface area contributed by atoms with E-state index >= 15 is 0 Å². The zero-order valence-electron chi connectivity index (χ0n) is 13.5. The molecule has 0 aliphatic rings. The Morgan fingerprint density at radius 3 is 2.71 bits per heavy atom. The molecule has 0 aliphatic carbocycles. The highest BCUT2D eigenvalue weighted by atomic mass is 35.5. The third kappa shape index (κ3) is 5.96. The Morgan fingerprint density at radius 1 is 1.17 bits per heavy atom. The molecule has 1 heterocycles. The van der Waals surface area contributed by atoms with Gasteiger partial charge in [-0.3, -0.25) is 4.79 Å². The smallest absolute Gasteiger partial charge is 0.287 e.